The first-order chi connectivity index (χ1) is 11.3. The maximum Gasteiger partial charge on any atom is 0.234 e. The van der Waals surface area contributed by atoms with E-state index in [4.69, 9.17) is 0 Å². The molecule has 6 nitrogen and oxygen atoms in total. The summed E-state index contributed by atoms with van der Waals surface area (Å²) in [6.07, 6.45) is 5.64. The number of nitrogens with one attached hydrogen (secondary N) is 1. The zero-order valence-corrected chi connectivity index (χ0v) is 13.3. The molecule has 1 atom stereocenters. The zero-order chi connectivity index (χ0) is 15.9. The lowest BCUT2D eigenvalue weighted by Crippen LogP contribution is -2.43. The molecule has 122 valence electrons. The standard InChI is InChI=1S/C17H23N5O/c23-17(19-9-15-5-2-1-3-6-15)12-21-8-4-7-16(10-21)11-22-14-18-13-20-22/h1-3,5-6,13-14,16H,4,7-12H2,(H,19,23)/t16-/m0/s1. The number of carbonyl (C=O) groups excluding carboxylic acids is 1. The summed E-state index contributed by atoms with van der Waals surface area (Å²) in [5.41, 5.74) is 1.13. The molecular formula is C17H23N5O. The number of piperidine rings is 1. The van der Waals surface area contributed by atoms with Crippen molar-refractivity contribution in [1.29, 1.82) is 0 Å². The Labute approximate surface area is 136 Å². The van der Waals surface area contributed by atoms with Crippen LogP contribution in [0.15, 0.2) is 43.0 Å². The van der Waals surface area contributed by atoms with Gasteiger partial charge in [-0.3, -0.25) is 14.4 Å². The van der Waals surface area contributed by atoms with E-state index in [0.29, 0.717) is 19.0 Å². The second-order valence-electron chi connectivity index (χ2n) is 6.12. The molecule has 0 aliphatic carbocycles. The summed E-state index contributed by atoms with van der Waals surface area (Å²) in [4.78, 5) is 18.4. The molecule has 1 aromatic heterocycles. The summed E-state index contributed by atoms with van der Waals surface area (Å²) in [7, 11) is 0. The van der Waals surface area contributed by atoms with Crippen molar-refractivity contribution in [3.8, 4) is 0 Å². The van der Waals surface area contributed by atoms with Crippen LogP contribution in [0.4, 0.5) is 0 Å². The molecule has 23 heavy (non-hydrogen) atoms. The van der Waals surface area contributed by atoms with Crippen LogP contribution < -0.4 is 5.32 Å². The fraction of sp³-hybridized carbons (Fsp3) is 0.471. The van der Waals surface area contributed by atoms with Gasteiger partial charge in [0.25, 0.3) is 0 Å². The van der Waals surface area contributed by atoms with Gasteiger partial charge in [-0.15, -0.1) is 0 Å². The molecule has 1 saturated heterocycles. The van der Waals surface area contributed by atoms with E-state index in [2.05, 4.69) is 20.3 Å². The van der Waals surface area contributed by atoms with Gasteiger partial charge in [0.15, 0.2) is 0 Å². The lowest BCUT2D eigenvalue weighted by molar-refractivity contribution is -0.122. The summed E-state index contributed by atoms with van der Waals surface area (Å²) < 4.78 is 1.88. The highest BCUT2D eigenvalue weighted by atomic mass is 16.2. The van der Waals surface area contributed by atoms with Crippen molar-refractivity contribution in [3.05, 3.63) is 48.5 Å². The first kappa shape index (κ1) is 15.7. The van der Waals surface area contributed by atoms with Gasteiger partial charge >= 0.3 is 0 Å². The zero-order valence-electron chi connectivity index (χ0n) is 13.3. The second-order valence-corrected chi connectivity index (χ2v) is 6.12. The summed E-state index contributed by atoms with van der Waals surface area (Å²) in [5, 5.41) is 7.17. The number of rotatable bonds is 6. The van der Waals surface area contributed by atoms with Gasteiger partial charge in [0.1, 0.15) is 12.7 Å². The molecule has 1 amide bonds. The Balaban J connectivity index is 1.42. The summed E-state index contributed by atoms with van der Waals surface area (Å²) >= 11 is 0. The van der Waals surface area contributed by atoms with Crippen molar-refractivity contribution in [2.75, 3.05) is 19.6 Å². The third kappa shape index (κ3) is 4.89. The third-order valence-electron chi connectivity index (χ3n) is 4.21. The van der Waals surface area contributed by atoms with Gasteiger partial charge in [-0.25, -0.2) is 4.98 Å². The quantitative estimate of drug-likeness (QED) is 0.873. The highest BCUT2D eigenvalue weighted by Crippen LogP contribution is 2.17. The number of amides is 1. The van der Waals surface area contributed by atoms with Crippen LogP contribution >= 0.6 is 0 Å². The molecule has 1 fully saturated rings. The van der Waals surface area contributed by atoms with Gasteiger partial charge in [0.05, 0.1) is 6.54 Å². The largest absolute Gasteiger partial charge is 0.351 e. The Morgan fingerprint density at radius 1 is 1.30 bits per heavy atom. The van der Waals surface area contributed by atoms with Gasteiger partial charge in [-0.2, -0.15) is 5.10 Å². The van der Waals surface area contributed by atoms with E-state index in [0.717, 1.165) is 31.6 Å². The molecule has 3 rings (SSSR count). The van der Waals surface area contributed by atoms with Crippen LogP contribution in [0.5, 0.6) is 0 Å². The number of carbonyl (C=O) groups is 1. The molecule has 6 heteroatoms. The average Bonchev–Trinajstić information content (AvgIpc) is 3.07. The summed E-state index contributed by atoms with van der Waals surface area (Å²) in [5.74, 6) is 0.627. The first-order valence-corrected chi connectivity index (χ1v) is 8.15. The van der Waals surface area contributed by atoms with E-state index < -0.39 is 0 Å². The molecule has 1 aliphatic heterocycles. The van der Waals surface area contributed by atoms with Crippen molar-refractivity contribution in [1.82, 2.24) is 25.0 Å². The molecule has 2 heterocycles. The van der Waals surface area contributed by atoms with Crippen molar-refractivity contribution in [2.24, 2.45) is 5.92 Å². The lowest BCUT2D eigenvalue weighted by Gasteiger charge is -2.32. The molecule has 0 radical (unpaired) electrons. The van der Waals surface area contributed by atoms with Gasteiger partial charge < -0.3 is 5.32 Å². The molecule has 1 N–H and O–H groups in total. The van der Waals surface area contributed by atoms with E-state index >= 15 is 0 Å². The maximum absolute atomic E-state index is 12.1. The maximum atomic E-state index is 12.1. The molecule has 2 aromatic rings. The Kier molecular flexibility index (Phi) is 5.37. The van der Waals surface area contributed by atoms with Crippen LogP contribution in [0.3, 0.4) is 0 Å². The predicted octanol–water partition coefficient (Wildman–Crippen LogP) is 1.31. The number of hydrogen-bond acceptors (Lipinski definition) is 4. The van der Waals surface area contributed by atoms with Crippen molar-refractivity contribution < 1.29 is 4.79 Å². The molecule has 1 aromatic carbocycles. The van der Waals surface area contributed by atoms with Crippen LogP contribution in [-0.2, 0) is 17.9 Å². The van der Waals surface area contributed by atoms with Gasteiger partial charge in [-0.05, 0) is 30.9 Å². The second kappa shape index (κ2) is 7.87. The topological polar surface area (TPSA) is 63.1 Å². The van der Waals surface area contributed by atoms with Crippen LogP contribution in [0.1, 0.15) is 18.4 Å². The summed E-state index contributed by atoms with van der Waals surface area (Å²) in [6, 6.07) is 10.0. The highest BCUT2D eigenvalue weighted by molar-refractivity contribution is 5.78. The molecule has 0 bridgehead atoms. The Bertz CT molecular complexity index is 599. The van der Waals surface area contributed by atoms with E-state index in [1.54, 1.807) is 12.7 Å². The van der Waals surface area contributed by atoms with Gasteiger partial charge in [-0.1, -0.05) is 30.3 Å². The van der Waals surface area contributed by atoms with Crippen LogP contribution in [0.2, 0.25) is 0 Å². The smallest absolute Gasteiger partial charge is 0.234 e. The molecule has 0 saturated carbocycles. The Hall–Kier alpha value is -2.21. The van der Waals surface area contributed by atoms with E-state index in [9.17, 15) is 4.79 Å². The van der Waals surface area contributed by atoms with Crippen LogP contribution in [-0.4, -0.2) is 45.2 Å². The number of aromatic nitrogens is 3. The van der Waals surface area contributed by atoms with Crippen LogP contribution in [0, 0.1) is 5.92 Å². The molecular weight excluding hydrogens is 290 g/mol. The molecule has 1 aliphatic rings. The Morgan fingerprint density at radius 2 is 2.17 bits per heavy atom. The van der Waals surface area contributed by atoms with Crippen molar-refractivity contribution in [3.63, 3.8) is 0 Å². The predicted molar refractivity (Wildman–Crippen MR) is 87.5 cm³/mol. The third-order valence-corrected chi connectivity index (χ3v) is 4.21. The fourth-order valence-corrected chi connectivity index (χ4v) is 3.09. The van der Waals surface area contributed by atoms with E-state index in [1.165, 1.54) is 6.42 Å². The van der Waals surface area contributed by atoms with Gasteiger partial charge in [0.2, 0.25) is 5.91 Å². The SMILES string of the molecule is O=C(CN1CCC[C@H](Cn2cncn2)C1)NCc1ccccc1. The summed E-state index contributed by atoms with van der Waals surface area (Å²) in [6.45, 7) is 3.88. The monoisotopic (exact) mass is 313 g/mol. The van der Waals surface area contributed by atoms with Crippen molar-refractivity contribution >= 4 is 5.91 Å². The fourth-order valence-electron chi connectivity index (χ4n) is 3.09. The normalized spacial score (nSPS) is 18.7. The minimum atomic E-state index is 0.0928. The van der Waals surface area contributed by atoms with Gasteiger partial charge in [0, 0.05) is 19.6 Å². The number of hydrogen-bond donors (Lipinski definition) is 1. The molecule has 0 unspecified atom stereocenters. The molecule has 0 spiro atoms. The minimum absolute atomic E-state index is 0.0928. The Morgan fingerprint density at radius 3 is 2.96 bits per heavy atom. The van der Waals surface area contributed by atoms with E-state index in [-0.39, 0.29) is 5.91 Å². The number of likely N-dealkylation sites (tertiary alicyclic amines) is 1. The van der Waals surface area contributed by atoms with E-state index in [1.807, 2.05) is 35.0 Å². The number of nitrogens with zero attached hydrogens (tertiary/aromatic N) is 4. The minimum Gasteiger partial charge on any atom is -0.351 e. The first-order valence-electron chi connectivity index (χ1n) is 8.15. The average molecular weight is 313 g/mol. The highest BCUT2D eigenvalue weighted by Gasteiger charge is 2.22. The lowest BCUT2D eigenvalue weighted by atomic mass is 9.98. The number of benzene rings is 1. The van der Waals surface area contributed by atoms with Crippen LogP contribution in [0.25, 0.3) is 0 Å². The van der Waals surface area contributed by atoms with Crippen molar-refractivity contribution in [2.45, 2.75) is 25.9 Å².